The number of nitrogens with zero attached hydrogens (tertiary/aromatic N) is 5. The summed E-state index contributed by atoms with van der Waals surface area (Å²) in [5, 5.41) is 10.9. The Balaban J connectivity index is 1.49. The highest BCUT2D eigenvalue weighted by Crippen LogP contribution is 2.35. The van der Waals surface area contributed by atoms with Gasteiger partial charge in [0, 0.05) is 43.2 Å². The molecule has 3 heterocycles. The summed E-state index contributed by atoms with van der Waals surface area (Å²) in [5.74, 6) is 1.20. The lowest BCUT2D eigenvalue weighted by Crippen LogP contribution is -2.58. The number of para-hydroxylation sites is 1. The third kappa shape index (κ3) is 3.33. The van der Waals surface area contributed by atoms with Crippen molar-refractivity contribution in [2.45, 2.75) is 19.9 Å². The molecular weight excluding hydrogens is 354 g/mol. The van der Waals surface area contributed by atoms with Gasteiger partial charge in [-0.2, -0.15) is 5.10 Å². The van der Waals surface area contributed by atoms with Gasteiger partial charge in [0.1, 0.15) is 0 Å². The second-order valence-electron chi connectivity index (χ2n) is 7.24. The Labute approximate surface area is 163 Å². The molecule has 1 amide bonds. The van der Waals surface area contributed by atoms with Crippen LogP contribution in [0.5, 0.6) is 0 Å². The summed E-state index contributed by atoms with van der Waals surface area (Å²) in [5.41, 5.74) is 5.99. The number of amides is 1. The van der Waals surface area contributed by atoms with Crippen molar-refractivity contribution in [3.05, 3.63) is 47.3 Å². The predicted molar refractivity (Wildman–Crippen MR) is 109 cm³/mol. The molecule has 0 saturated carbocycles. The molecule has 2 aromatic rings. The van der Waals surface area contributed by atoms with E-state index in [1.165, 1.54) is 6.21 Å². The number of fused-ring (bicyclic) bond motifs is 1. The fourth-order valence-electron chi connectivity index (χ4n) is 3.95. The molecular formula is C20H23N7O. The monoisotopic (exact) mass is 377 g/mol. The summed E-state index contributed by atoms with van der Waals surface area (Å²) in [6.45, 7) is 6.32. The van der Waals surface area contributed by atoms with E-state index >= 15 is 0 Å². The Hall–Kier alpha value is -3.29. The van der Waals surface area contributed by atoms with E-state index in [0.717, 1.165) is 43.2 Å². The molecule has 28 heavy (non-hydrogen) atoms. The Morgan fingerprint density at radius 1 is 1.21 bits per heavy atom. The molecule has 0 spiro atoms. The number of aromatic nitrogens is 2. The van der Waals surface area contributed by atoms with E-state index in [-0.39, 0.29) is 11.9 Å². The van der Waals surface area contributed by atoms with Crippen molar-refractivity contribution in [3.8, 4) is 0 Å². The molecule has 8 heteroatoms. The second kappa shape index (κ2) is 7.38. The highest BCUT2D eigenvalue weighted by atomic mass is 16.2. The third-order valence-corrected chi connectivity index (χ3v) is 5.24. The molecule has 2 fully saturated rings. The maximum Gasteiger partial charge on any atom is 0.256 e. The largest absolute Gasteiger partial charge is 0.338 e. The van der Waals surface area contributed by atoms with Gasteiger partial charge in [0.2, 0.25) is 5.95 Å². The van der Waals surface area contributed by atoms with Crippen molar-refractivity contribution in [2.24, 2.45) is 11.0 Å². The van der Waals surface area contributed by atoms with Crippen LogP contribution >= 0.6 is 0 Å². The zero-order valence-corrected chi connectivity index (χ0v) is 16.0. The van der Waals surface area contributed by atoms with Gasteiger partial charge in [0.25, 0.3) is 5.91 Å². The molecule has 0 aliphatic carbocycles. The van der Waals surface area contributed by atoms with E-state index < -0.39 is 0 Å². The fraction of sp³-hybridized carbons (Fsp3) is 0.350. The van der Waals surface area contributed by atoms with E-state index in [1.807, 2.05) is 43.0 Å². The minimum Gasteiger partial charge on any atom is -0.338 e. The average Bonchev–Trinajstić information content (AvgIpc) is 2.98. The van der Waals surface area contributed by atoms with Crippen LogP contribution in [0.4, 0.5) is 11.6 Å². The molecule has 2 unspecified atom stereocenters. The van der Waals surface area contributed by atoms with Crippen LogP contribution in [0.1, 0.15) is 21.7 Å². The zero-order chi connectivity index (χ0) is 19.7. The summed E-state index contributed by atoms with van der Waals surface area (Å²) in [4.78, 5) is 26.3. The van der Waals surface area contributed by atoms with Crippen LogP contribution in [-0.2, 0) is 0 Å². The van der Waals surface area contributed by atoms with Gasteiger partial charge in [-0.25, -0.2) is 9.97 Å². The number of benzene rings is 1. The highest BCUT2D eigenvalue weighted by molar-refractivity contribution is 6.14. The first-order valence-corrected chi connectivity index (χ1v) is 9.32. The summed E-state index contributed by atoms with van der Waals surface area (Å²) < 4.78 is 0. The summed E-state index contributed by atoms with van der Waals surface area (Å²) in [6, 6.07) is 9.46. The molecule has 144 valence electrons. The standard InChI is InChI=1S/C20H23N7O/c1-13-9-14(2)24-20(23-13)26-10-15-11-27(18(15)12-26)19(28)16-5-3-4-6-17(16)25-22-8-7-21/h3-9,15,18,21,25H,10-12H2,1-2H3/b21-7?,22-8-. The van der Waals surface area contributed by atoms with Crippen molar-refractivity contribution in [2.75, 3.05) is 30.0 Å². The average molecular weight is 377 g/mol. The van der Waals surface area contributed by atoms with Crippen molar-refractivity contribution in [1.82, 2.24) is 14.9 Å². The predicted octanol–water partition coefficient (Wildman–Crippen LogP) is 2.10. The summed E-state index contributed by atoms with van der Waals surface area (Å²) in [7, 11) is 0. The first-order valence-electron chi connectivity index (χ1n) is 9.32. The van der Waals surface area contributed by atoms with Crippen LogP contribution in [0.15, 0.2) is 35.4 Å². The van der Waals surface area contributed by atoms with Gasteiger partial charge in [-0.05, 0) is 32.0 Å². The third-order valence-electron chi connectivity index (χ3n) is 5.24. The molecule has 1 aromatic heterocycles. The number of carbonyl (C=O) groups is 1. The zero-order valence-electron chi connectivity index (χ0n) is 16.0. The number of hydrazone groups is 1. The SMILES string of the molecule is Cc1cc(C)nc(N2CC3CN(C(=O)c4ccccc4N/N=C\C=N)C3C2)n1. The van der Waals surface area contributed by atoms with Gasteiger partial charge >= 0.3 is 0 Å². The minimum absolute atomic E-state index is 0.00223. The number of rotatable bonds is 5. The van der Waals surface area contributed by atoms with Crippen LogP contribution < -0.4 is 10.3 Å². The number of aryl methyl sites for hydroxylation is 2. The topological polar surface area (TPSA) is 97.6 Å². The Bertz CT molecular complexity index is 922. The van der Waals surface area contributed by atoms with E-state index in [0.29, 0.717) is 17.2 Å². The van der Waals surface area contributed by atoms with Crippen molar-refractivity contribution in [1.29, 1.82) is 5.41 Å². The van der Waals surface area contributed by atoms with Crippen LogP contribution in [0, 0.1) is 25.2 Å². The molecule has 2 N–H and O–H groups in total. The highest BCUT2D eigenvalue weighted by Gasteiger charge is 2.48. The molecule has 8 nitrogen and oxygen atoms in total. The molecule has 0 radical (unpaired) electrons. The lowest BCUT2D eigenvalue weighted by molar-refractivity contribution is 0.0329. The van der Waals surface area contributed by atoms with Gasteiger partial charge in [-0.3, -0.25) is 10.2 Å². The Morgan fingerprint density at radius 3 is 2.71 bits per heavy atom. The van der Waals surface area contributed by atoms with Crippen molar-refractivity contribution < 1.29 is 4.79 Å². The number of hydrogen-bond donors (Lipinski definition) is 2. The van der Waals surface area contributed by atoms with Crippen LogP contribution in [0.25, 0.3) is 0 Å². The first kappa shape index (κ1) is 18.1. The molecule has 2 aliphatic rings. The van der Waals surface area contributed by atoms with E-state index in [2.05, 4.69) is 25.4 Å². The molecule has 2 saturated heterocycles. The summed E-state index contributed by atoms with van der Waals surface area (Å²) in [6.07, 6.45) is 2.42. The normalized spacial score (nSPS) is 20.8. The molecule has 4 rings (SSSR count). The van der Waals surface area contributed by atoms with Crippen LogP contribution in [0.2, 0.25) is 0 Å². The fourth-order valence-corrected chi connectivity index (χ4v) is 3.95. The van der Waals surface area contributed by atoms with Gasteiger partial charge < -0.3 is 15.2 Å². The smallest absolute Gasteiger partial charge is 0.256 e. The van der Waals surface area contributed by atoms with E-state index in [9.17, 15) is 4.79 Å². The number of carbonyl (C=O) groups excluding carboxylic acids is 1. The quantitative estimate of drug-likeness (QED) is 0.614. The summed E-state index contributed by atoms with van der Waals surface area (Å²) >= 11 is 0. The number of likely N-dealkylation sites (tertiary alicyclic amines) is 1. The first-order chi connectivity index (χ1) is 13.6. The van der Waals surface area contributed by atoms with Crippen molar-refractivity contribution >= 4 is 30.0 Å². The van der Waals surface area contributed by atoms with E-state index in [4.69, 9.17) is 5.41 Å². The second-order valence-corrected chi connectivity index (χ2v) is 7.24. The molecule has 0 bridgehead atoms. The van der Waals surface area contributed by atoms with Gasteiger partial charge in [0.15, 0.2) is 0 Å². The maximum absolute atomic E-state index is 13.1. The lowest BCUT2D eigenvalue weighted by Gasteiger charge is -2.43. The van der Waals surface area contributed by atoms with Gasteiger partial charge in [-0.15, -0.1) is 0 Å². The van der Waals surface area contributed by atoms with Gasteiger partial charge in [0.05, 0.1) is 23.5 Å². The maximum atomic E-state index is 13.1. The molecule has 1 aromatic carbocycles. The lowest BCUT2D eigenvalue weighted by atomic mass is 9.91. The van der Waals surface area contributed by atoms with Crippen molar-refractivity contribution in [3.63, 3.8) is 0 Å². The Morgan fingerprint density at radius 2 is 1.96 bits per heavy atom. The minimum atomic E-state index is -0.00223. The molecule has 2 atom stereocenters. The number of nitrogens with one attached hydrogen (secondary N) is 2. The number of anilines is 2. The van der Waals surface area contributed by atoms with Gasteiger partial charge in [-0.1, -0.05) is 12.1 Å². The van der Waals surface area contributed by atoms with Crippen LogP contribution in [-0.4, -0.2) is 58.9 Å². The van der Waals surface area contributed by atoms with Crippen LogP contribution in [0.3, 0.4) is 0 Å². The Kier molecular flexibility index (Phi) is 4.77. The molecule has 2 aliphatic heterocycles. The van der Waals surface area contributed by atoms with E-state index in [1.54, 1.807) is 6.07 Å². The number of hydrogen-bond acceptors (Lipinski definition) is 7.